The standard InChI is InChI=1S/C14H17N5/c1-14(2,3)17-19-8-6-13-16-12(10-18(13)19)11-5-4-7-15-9-11/h4-10,17H,1-3H3. The second kappa shape index (κ2) is 4.12. The summed E-state index contributed by atoms with van der Waals surface area (Å²) in [5, 5.41) is 0. The van der Waals surface area contributed by atoms with Gasteiger partial charge in [0.25, 0.3) is 0 Å². The molecule has 3 rings (SSSR count). The van der Waals surface area contributed by atoms with Gasteiger partial charge in [-0.2, -0.15) is 0 Å². The fraction of sp³-hybridized carbons (Fsp3) is 0.286. The first kappa shape index (κ1) is 11.8. The maximum absolute atomic E-state index is 4.60. The molecule has 0 saturated heterocycles. The van der Waals surface area contributed by atoms with Gasteiger partial charge in [0.1, 0.15) is 0 Å². The fourth-order valence-electron chi connectivity index (χ4n) is 1.97. The molecule has 0 aliphatic rings. The van der Waals surface area contributed by atoms with Crippen LogP contribution in [0.3, 0.4) is 0 Å². The van der Waals surface area contributed by atoms with Gasteiger partial charge in [0.2, 0.25) is 0 Å². The lowest BCUT2D eigenvalue weighted by Crippen LogP contribution is -2.35. The van der Waals surface area contributed by atoms with Gasteiger partial charge in [0.15, 0.2) is 5.65 Å². The molecule has 0 atom stereocenters. The minimum absolute atomic E-state index is 0.00924. The van der Waals surface area contributed by atoms with Gasteiger partial charge in [-0.15, -0.1) is 0 Å². The maximum Gasteiger partial charge on any atom is 0.155 e. The van der Waals surface area contributed by atoms with Crippen molar-refractivity contribution in [3.05, 3.63) is 43.0 Å². The number of hydrogen-bond acceptors (Lipinski definition) is 3. The van der Waals surface area contributed by atoms with E-state index >= 15 is 0 Å². The molecule has 3 heterocycles. The maximum atomic E-state index is 4.60. The molecule has 0 unspecified atom stereocenters. The minimum Gasteiger partial charge on any atom is -0.306 e. The third-order valence-corrected chi connectivity index (χ3v) is 2.72. The predicted octanol–water partition coefficient (Wildman–Crippen LogP) is 2.54. The molecule has 0 fully saturated rings. The normalized spacial score (nSPS) is 11.9. The molecule has 0 aliphatic heterocycles. The van der Waals surface area contributed by atoms with Crippen molar-refractivity contribution in [1.29, 1.82) is 0 Å². The Morgan fingerprint density at radius 3 is 2.74 bits per heavy atom. The largest absolute Gasteiger partial charge is 0.306 e. The number of nitrogens with one attached hydrogen (secondary N) is 1. The van der Waals surface area contributed by atoms with Crippen LogP contribution in [0.15, 0.2) is 43.0 Å². The molecule has 3 aromatic heterocycles. The number of nitrogens with zero attached hydrogens (tertiary/aromatic N) is 4. The molecule has 98 valence electrons. The van der Waals surface area contributed by atoms with Crippen LogP contribution in [0.25, 0.3) is 16.9 Å². The topological polar surface area (TPSA) is 47.2 Å². The highest BCUT2D eigenvalue weighted by molar-refractivity contribution is 5.61. The highest BCUT2D eigenvalue weighted by Gasteiger charge is 2.12. The van der Waals surface area contributed by atoms with E-state index in [-0.39, 0.29) is 5.54 Å². The van der Waals surface area contributed by atoms with Crippen LogP contribution in [0.1, 0.15) is 20.8 Å². The number of imidazole rings is 1. The summed E-state index contributed by atoms with van der Waals surface area (Å²) in [6, 6.07) is 5.91. The van der Waals surface area contributed by atoms with Crippen molar-refractivity contribution in [2.24, 2.45) is 0 Å². The van der Waals surface area contributed by atoms with E-state index in [1.165, 1.54) is 0 Å². The van der Waals surface area contributed by atoms with Crippen molar-refractivity contribution in [3.63, 3.8) is 0 Å². The van der Waals surface area contributed by atoms with Crippen molar-refractivity contribution in [1.82, 2.24) is 19.3 Å². The first-order valence-corrected chi connectivity index (χ1v) is 6.28. The van der Waals surface area contributed by atoms with Crippen LogP contribution in [0.5, 0.6) is 0 Å². The van der Waals surface area contributed by atoms with E-state index in [0.717, 1.165) is 16.9 Å². The Bertz CT molecular complexity index is 688. The van der Waals surface area contributed by atoms with E-state index in [0.29, 0.717) is 0 Å². The summed E-state index contributed by atoms with van der Waals surface area (Å²) >= 11 is 0. The van der Waals surface area contributed by atoms with E-state index in [4.69, 9.17) is 0 Å². The van der Waals surface area contributed by atoms with Gasteiger partial charge in [0.05, 0.1) is 11.9 Å². The van der Waals surface area contributed by atoms with E-state index in [1.807, 2.05) is 46.1 Å². The SMILES string of the molecule is CC(C)(C)Nn1ccc2nc(-c3cccnc3)cn21. The molecule has 0 radical (unpaired) electrons. The Morgan fingerprint density at radius 2 is 2.05 bits per heavy atom. The highest BCUT2D eigenvalue weighted by atomic mass is 15.6. The first-order valence-electron chi connectivity index (χ1n) is 6.28. The van der Waals surface area contributed by atoms with Crippen molar-refractivity contribution < 1.29 is 0 Å². The second-order valence-electron chi connectivity index (χ2n) is 5.59. The molecule has 0 aliphatic carbocycles. The number of aromatic nitrogens is 4. The Hall–Kier alpha value is -2.30. The summed E-state index contributed by atoms with van der Waals surface area (Å²) in [5.41, 5.74) is 6.24. The van der Waals surface area contributed by atoms with Crippen LogP contribution in [-0.4, -0.2) is 24.8 Å². The van der Waals surface area contributed by atoms with E-state index in [2.05, 4.69) is 36.2 Å². The minimum atomic E-state index is -0.00924. The van der Waals surface area contributed by atoms with Crippen molar-refractivity contribution >= 4 is 5.65 Å². The van der Waals surface area contributed by atoms with Crippen LogP contribution in [0.4, 0.5) is 0 Å². The van der Waals surface area contributed by atoms with E-state index in [9.17, 15) is 0 Å². The number of rotatable bonds is 2. The zero-order valence-corrected chi connectivity index (χ0v) is 11.3. The molecule has 19 heavy (non-hydrogen) atoms. The fourth-order valence-corrected chi connectivity index (χ4v) is 1.97. The van der Waals surface area contributed by atoms with Crippen LogP contribution in [-0.2, 0) is 0 Å². The van der Waals surface area contributed by atoms with E-state index in [1.54, 1.807) is 6.20 Å². The summed E-state index contributed by atoms with van der Waals surface area (Å²) in [6.45, 7) is 6.37. The molecule has 1 N–H and O–H groups in total. The monoisotopic (exact) mass is 255 g/mol. The van der Waals surface area contributed by atoms with E-state index < -0.39 is 0 Å². The zero-order valence-electron chi connectivity index (χ0n) is 11.3. The average molecular weight is 255 g/mol. The molecule has 5 heteroatoms. The molecule has 3 aromatic rings. The molecular weight excluding hydrogens is 238 g/mol. The van der Waals surface area contributed by atoms with Crippen molar-refractivity contribution in [3.8, 4) is 11.3 Å². The number of pyridine rings is 1. The number of fused-ring (bicyclic) bond motifs is 1. The van der Waals surface area contributed by atoms with Gasteiger partial charge < -0.3 is 5.43 Å². The number of hydrogen-bond donors (Lipinski definition) is 1. The second-order valence-corrected chi connectivity index (χ2v) is 5.59. The molecule has 0 spiro atoms. The smallest absolute Gasteiger partial charge is 0.155 e. The third-order valence-electron chi connectivity index (χ3n) is 2.72. The average Bonchev–Trinajstić information content (AvgIpc) is 2.91. The lowest BCUT2D eigenvalue weighted by molar-refractivity contribution is 0.513. The van der Waals surface area contributed by atoms with Crippen LogP contribution in [0, 0.1) is 0 Å². The molecule has 5 nitrogen and oxygen atoms in total. The summed E-state index contributed by atoms with van der Waals surface area (Å²) in [4.78, 5) is 10.7. The molecule has 0 aromatic carbocycles. The quantitative estimate of drug-likeness (QED) is 0.765. The van der Waals surface area contributed by atoms with Gasteiger partial charge >= 0.3 is 0 Å². The Balaban J connectivity index is 2.03. The lowest BCUT2D eigenvalue weighted by atomic mass is 10.1. The van der Waals surface area contributed by atoms with Gasteiger partial charge in [-0.25, -0.2) is 14.3 Å². The molecule has 0 saturated carbocycles. The lowest BCUT2D eigenvalue weighted by Gasteiger charge is -2.23. The van der Waals surface area contributed by atoms with Gasteiger partial charge in [-0.05, 0) is 32.9 Å². The van der Waals surface area contributed by atoms with Crippen molar-refractivity contribution in [2.75, 3.05) is 5.43 Å². The third kappa shape index (κ3) is 2.31. The van der Waals surface area contributed by atoms with Crippen LogP contribution >= 0.6 is 0 Å². The summed E-state index contributed by atoms with van der Waals surface area (Å²) < 4.78 is 1.99. The van der Waals surface area contributed by atoms with Crippen LogP contribution < -0.4 is 5.43 Å². The first-order chi connectivity index (χ1) is 9.03. The molecule has 0 bridgehead atoms. The zero-order chi connectivity index (χ0) is 13.5. The van der Waals surface area contributed by atoms with Crippen LogP contribution in [0.2, 0.25) is 0 Å². The van der Waals surface area contributed by atoms with Gasteiger partial charge in [-0.1, -0.05) is 0 Å². The Kier molecular flexibility index (Phi) is 2.55. The highest BCUT2D eigenvalue weighted by Crippen LogP contribution is 2.18. The molecule has 0 amide bonds. The summed E-state index contributed by atoms with van der Waals surface area (Å²) in [7, 11) is 0. The molecular formula is C14H17N5. The Morgan fingerprint density at radius 1 is 1.21 bits per heavy atom. The predicted molar refractivity (Wildman–Crippen MR) is 75.5 cm³/mol. The van der Waals surface area contributed by atoms with Gasteiger partial charge in [-0.3, -0.25) is 4.98 Å². The summed E-state index contributed by atoms with van der Waals surface area (Å²) in [5.74, 6) is 0. The van der Waals surface area contributed by atoms with Crippen molar-refractivity contribution in [2.45, 2.75) is 26.3 Å². The van der Waals surface area contributed by atoms with Gasteiger partial charge in [0, 0.05) is 35.8 Å². The summed E-state index contributed by atoms with van der Waals surface area (Å²) in [6.07, 6.45) is 7.57. The Labute approximate surface area is 111 Å².